The first-order chi connectivity index (χ1) is 8.04. The molecule has 1 aromatic carbocycles. The van der Waals surface area contributed by atoms with E-state index in [0.29, 0.717) is 17.2 Å². The maximum absolute atomic E-state index is 6.30. The Bertz CT molecular complexity index is 382. The normalized spacial score (nSPS) is 12.4. The van der Waals surface area contributed by atoms with Gasteiger partial charge in [0.1, 0.15) is 11.3 Å². The number of alkyl halides is 1. The molecule has 0 fully saturated rings. The lowest BCUT2D eigenvalue weighted by atomic mass is 10.1. The number of hydrogen-bond acceptors (Lipinski definition) is 4. The molecule has 5 heteroatoms. The van der Waals surface area contributed by atoms with Gasteiger partial charge < -0.3 is 14.2 Å². The molecule has 1 atom stereocenters. The van der Waals surface area contributed by atoms with Gasteiger partial charge in [-0.15, -0.1) is 11.6 Å². The molecule has 0 aliphatic heterocycles. The first-order valence-corrected chi connectivity index (χ1v) is 5.59. The van der Waals surface area contributed by atoms with Crippen molar-refractivity contribution in [3.05, 3.63) is 17.7 Å². The quantitative estimate of drug-likeness (QED) is 0.601. The lowest BCUT2D eigenvalue weighted by Crippen LogP contribution is -2.15. The van der Waals surface area contributed by atoms with Crippen LogP contribution in [0.1, 0.15) is 11.1 Å². The molecule has 17 heavy (non-hydrogen) atoms. The maximum Gasteiger partial charge on any atom is 0.164 e. The number of ether oxygens (including phenoxy) is 3. The molecule has 0 amide bonds. The first kappa shape index (κ1) is 13.9. The molecule has 0 aliphatic carbocycles. The molecular weight excluding hydrogens is 242 g/mol. The Balaban J connectivity index is 3.28. The lowest BCUT2D eigenvalue weighted by Gasteiger charge is -2.21. The highest BCUT2D eigenvalue weighted by Crippen LogP contribution is 2.39. The average Bonchev–Trinajstić information content (AvgIpc) is 2.35. The molecule has 4 nitrogen and oxygen atoms in total. The van der Waals surface area contributed by atoms with Gasteiger partial charge in [0.15, 0.2) is 11.5 Å². The molecule has 96 valence electrons. The van der Waals surface area contributed by atoms with Gasteiger partial charge in [0, 0.05) is 11.6 Å². The van der Waals surface area contributed by atoms with Gasteiger partial charge in [0.2, 0.25) is 0 Å². The fraction of sp³-hybridized carbons (Fsp3) is 0.500. The Morgan fingerprint density at radius 2 is 1.41 bits per heavy atom. The summed E-state index contributed by atoms with van der Waals surface area (Å²) in [6.07, 6.45) is 0. The molecule has 0 aliphatic rings. The third-order valence-corrected chi connectivity index (χ3v) is 3.07. The second kappa shape index (κ2) is 5.98. The van der Waals surface area contributed by atoms with Crippen molar-refractivity contribution >= 4 is 11.6 Å². The van der Waals surface area contributed by atoms with Gasteiger partial charge in [-0.1, -0.05) is 0 Å². The van der Waals surface area contributed by atoms with Crippen LogP contribution in [0.3, 0.4) is 0 Å². The minimum absolute atomic E-state index is 0.287. The number of benzene rings is 1. The molecular formula is C12H18ClNO3. The molecule has 0 bridgehead atoms. The smallest absolute Gasteiger partial charge is 0.164 e. The zero-order valence-electron chi connectivity index (χ0n) is 10.8. The molecule has 0 saturated carbocycles. The van der Waals surface area contributed by atoms with Crippen LogP contribution in [0.15, 0.2) is 12.1 Å². The summed E-state index contributed by atoms with van der Waals surface area (Å²) in [5, 5.41) is 0. The molecule has 0 saturated heterocycles. The van der Waals surface area contributed by atoms with E-state index >= 15 is 0 Å². The van der Waals surface area contributed by atoms with Crippen LogP contribution in [0.5, 0.6) is 17.2 Å². The Labute approximate surface area is 107 Å². The van der Waals surface area contributed by atoms with Crippen molar-refractivity contribution in [2.45, 2.75) is 5.50 Å². The summed E-state index contributed by atoms with van der Waals surface area (Å²) in [7, 11) is 8.57. The van der Waals surface area contributed by atoms with E-state index in [1.54, 1.807) is 27.4 Å². The SMILES string of the molecule is COc1cc(OC)c(C(Cl)N(C)C)cc1OC. The minimum Gasteiger partial charge on any atom is -0.496 e. The van der Waals surface area contributed by atoms with E-state index in [1.165, 1.54) is 0 Å². The van der Waals surface area contributed by atoms with E-state index in [4.69, 9.17) is 25.8 Å². The predicted molar refractivity (Wildman–Crippen MR) is 68.4 cm³/mol. The Hall–Kier alpha value is -1.13. The first-order valence-electron chi connectivity index (χ1n) is 5.15. The van der Waals surface area contributed by atoms with Crippen molar-refractivity contribution in [1.29, 1.82) is 0 Å². The second-order valence-corrected chi connectivity index (χ2v) is 4.16. The van der Waals surface area contributed by atoms with E-state index in [-0.39, 0.29) is 5.50 Å². The van der Waals surface area contributed by atoms with Crippen molar-refractivity contribution in [2.24, 2.45) is 0 Å². The molecule has 1 unspecified atom stereocenters. The molecule has 1 aromatic rings. The van der Waals surface area contributed by atoms with Gasteiger partial charge in [0.05, 0.1) is 21.3 Å². The summed E-state index contributed by atoms with van der Waals surface area (Å²) in [6, 6.07) is 3.60. The van der Waals surface area contributed by atoms with Crippen molar-refractivity contribution in [3.63, 3.8) is 0 Å². The number of rotatable bonds is 5. The maximum atomic E-state index is 6.30. The summed E-state index contributed by atoms with van der Waals surface area (Å²) < 4.78 is 15.8. The van der Waals surface area contributed by atoms with Crippen LogP contribution in [-0.2, 0) is 0 Å². The Morgan fingerprint density at radius 3 is 1.82 bits per heavy atom. The van der Waals surface area contributed by atoms with E-state index in [1.807, 2.05) is 25.1 Å². The van der Waals surface area contributed by atoms with Crippen molar-refractivity contribution in [2.75, 3.05) is 35.4 Å². The fourth-order valence-electron chi connectivity index (χ4n) is 1.52. The number of hydrogen-bond donors (Lipinski definition) is 0. The standard InChI is InChI=1S/C12H18ClNO3/c1-14(2)12(13)8-6-10(16-4)11(17-5)7-9(8)15-3/h6-7,12H,1-5H3. The van der Waals surface area contributed by atoms with E-state index in [0.717, 1.165) is 5.56 Å². The summed E-state index contributed by atoms with van der Waals surface area (Å²) in [6.45, 7) is 0. The van der Waals surface area contributed by atoms with Crippen molar-refractivity contribution in [1.82, 2.24) is 4.90 Å². The van der Waals surface area contributed by atoms with Gasteiger partial charge in [-0.05, 0) is 20.2 Å². The third-order valence-electron chi connectivity index (χ3n) is 2.45. The van der Waals surface area contributed by atoms with Crippen LogP contribution in [0.4, 0.5) is 0 Å². The topological polar surface area (TPSA) is 30.9 Å². The average molecular weight is 260 g/mol. The Kier molecular flexibility index (Phi) is 4.90. The molecule has 1 rings (SSSR count). The molecule has 0 radical (unpaired) electrons. The fourth-order valence-corrected chi connectivity index (χ4v) is 1.69. The van der Waals surface area contributed by atoms with E-state index in [9.17, 15) is 0 Å². The summed E-state index contributed by atoms with van der Waals surface area (Å²) in [5.41, 5.74) is 0.557. The molecule has 0 aromatic heterocycles. The van der Waals surface area contributed by atoms with Crippen LogP contribution in [-0.4, -0.2) is 40.3 Å². The molecule has 0 spiro atoms. The minimum atomic E-state index is -0.287. The second-order valence-electron chi connectivity index (χ2n) is 3.75. The van der Waals surface area contributed by atoms with Crippen LogP contribution in [0, 0.1) is 0 Å². The van der Waals surface area contributed by atoms with Crippen LogP contribution in [0.25, 0.3) is 0 Å². The van der Waals surface area contributed by atoms with E-state index < -0.39 is 0 Å². The van der Waals surface area contributed by atoms with Crippen LogP contribution >= 0.6 is 11.6 Å². The summed E-state index contributed by atoms with van der Waals surface area (Å²) >= 11 is 6.30. The van der Waals surface area contributed by atoms with Gasteiger partial charge in [0.25, 0.3) is 0 Å². The van der Waals surface area contributed by atoms with Gasteiger partial charge in [-0.3, -0.25) is 4.90 Å². The van der Waals surface area contributed by atoms with Gasteiger partial charge in [-0.25, -0.2) is 0 Å². The summed E-state index contributed by atoms with van der Waals surface area (Å²) in [5.74, 6) is 1.93. The highest BCUT2D eigenvalue weighted by atomic mass is 35.5. The van der Waals surface area contributed by atoms with Crippen molar-refractivity contribution in [3.8, 4) is 17.2 Å². The summed E-state index contributed by atoms with van der Waals surface area (Å²) in [4.78, 5) is 1.88. The van der Waals surface area contributed by atoms with Crippen LogP contribution < -0.4 is 14.2 Å². The Morgan fingerprint density at radius 1 is 0.941 bits per heavy atom. The number of halogens is 1. The van der Waals surface area contributed by atoms with Gasteiger partial charge in [-0.2, -0.15) is 0 Å². The third kappa shape index (κ3) is 2.96. The number of methoxy groups -OCH3 is 3. The lowest BCUT2D eigenvalue weighted by molar-refractivity contribution is 0.336. The predicted octanol–water partition coefficient (Wildman–Crippen LogP) is 2.51. The highest BCUT2D eigenvalue weighted by Gasteiger charge is 2.19. The molecule has 0 heterocycles. The zero-order valence-corrected chi connectivity index (χ0v) is 11.5. The van der Waals surface area contributed by atoms with E-state index in [2.05, 4.69) is 0 Å². The largest absolute Gasteiger partial charge is 0.496 e. The molecule has 0 N–H and O–H groups in total. The van der Waals surface area contributed by atoms with Crippen molar-refractivity contribution < 1.29 is 14.2 Å². The monoisotopic (exact) mass is 259 g/mol. The zero-order chi connectivity index (χ0) is 13.0. The van der Waals surface area contributed by atoms with Crippen LogP contribution in [0.2, 0.25) is 0 Å². The highest BCUT2D eigenvalue weighted by molar-refractivity contribution is 6.20. The number of nitrogens with zero attached hydrogens (tertiary/aromatic N) is 1. The van der Waals surface area contributed by atoms with Gasteiger partial charge >= 0.3 is 0 Å².